The lowest BCUT2D eigenvalue weighted by molar-refractivity contribution is 0.894. The molecule has 2 nitrogen and oxygen atoms in total. The van der Waals surface area contributed by atoms with Crippen LogP contribution >= 0.6 is 11.3 Å². The number of aromatic nitrogens is 1. The Balaban J connectivity index is 2.18. The second-order valence-electron chi connectivity index (χ2n) is 4.39. The fraction of sp³-hybridized carbons (Fsp3) is 0.133. The van der Waals surface area contributed by atoms with Crippen molar-refractivity contribution in [2.75, 3.05) is 0 Å². The summed E-state index contributed by atoms with van der Waals surface area (Å²) < 4.78 is 0. The van der Waals surface area contributed by atoms with E-state index in [2.05, 4.69) is 41.6 Å². The van der Waals surface area contributed by atoms with E-state index in [-0.39, 0.29) is 6.04 Å². The summed E-state index contributed by atoms with van der Waals surface area (Å²) in [7, 11) is 0. The second-order valence-corrected chi connectivity index (χ2v) is 5.34. The highest BCUT2D eigenvalue weighted by atomic mass is 32.1. The molecule has 1 aromatic carbocycles. The van der Waals surface area contributed by atoms with Crippen molar-refractivity contribution in [3.63, 3.8) is 0 Å². The van der Waals surface area contributed by atoms with Gasteiger partial charge in [0, 0.05) is 22.7 Å². The lowest BCUT2D eigenvalue weighted by Gasteiger charge is -2.14. The van der Waals surface area contributed by atoms with Gasteiger partial charge in [0.05, 0.1) is 6.04 Å². The summed E-state index contributed by atoms with van der Waals surface area (Å²) in [5, 5.41) is 4.42. The molecule has 1 unspecified atom stereocenters. The molecule has 2 heterocycles. The lowest BCUT2D eigenvalue weighted by Crippen LogP contribution is -2.11. The first-order valence-electron chi connectivity index (χ1n) is 5.89. The average Bonchev–Trinajstić information content (AvgIpc) is 2.83. The predicted molar refractivity (Wildman–Crippen MR) is 76.8 cm³/mol. The van der Waals surface area contributed by atoms with Crippen molar-refractivity contribution in [2.24, 2.45) is 5.73 Å². The van der Waals surface area contributed by atoms with Crippen LogP contribution in [0.3, 0.4) is 0 Å². The maximum Gasteiger partial charge on any atom is 0.0655 e. The van der Waals surface area contributed by atoms with Crippen molar-refractivity contribution < 1.29 is 0 Å². The van der Waals surface area contributed by atoms with E-state index in [1.54, 1.807) is 11.3 Å². The summed E-state index contributed by atoms with van der Waals surface area (Å²) in [6.45, 7) is 2.11. The van der Waals surface area contributed by atoms with Gasteiger partial charge in [0.25, 0.3) is 0 Å². The molecule has 0 amide bonds. The monoisotopic (exact) mass is 254 g/mol. The molecule has 90 valence electrons. The number of nitrogens with two attached hydrogens (primary N) is 1. The Kier molecular flexibility index (Phi) is 2.86. The van der Waals surface area contributed by atoms with Crippen molar-refractivity contribution in [2.45, 2.75) is 13.0 Å². The molecule has 1 atom stereocenters. The third kappa shape index (κ3) is 1.82. The third-order valence-electron chi connectivity index (χ3n) is 3.24. The van der Waals surface area contributed by atoms with E-state index >= 15 is 0 Å². The third-order valence-corrected chi connectivity index (χ3v) is 4.34. The number of fused-ring (bicyclic) bond motifs is 1. The van der Waals surface area contributed by atoms with Gasteiger partial charge in [0.2, 0.25) is 0 Å². The van der Waals surface area contributed by atoms with Crippen LogP contribution in [0.2, 0.25) is 0 Å². The first-order chi connectivity index (χ1) is 8.77. The molecule has 0 aliphatic rings. The minimum absolute atomic E-state index is 0.0714. The van der Waals surface area contributed by atoms with Crippen LogP contribution < -0.4 is 5.73 Å². The van der Waals surface area contributed by atoms with Crippen LogP contribution in [0.5, 0.6) is 0 Å². The van der Waals surface area contributed by atoms with Gasteiger partial charge >= 0.3 is 0 Å². The summed E-state index contributed by atoms with van der Waals surface area (Å²) in [5.74, 6) is 0. The Hall–Kier alpha value is -1.71. The Morgan fingerprint density at radius 1 is 1.22 bits per heavy atom. The number of nitrogens with zero attached hydrogens (tertiary/aromatic N) is 1. The summed E-state index contributed by atoms with van der Waals surface area (Å²) in [6, 6.07) is 10.3. The first kappa shape index (κ1) is 11.4. The molecule has 18 heavy (non-hydrogen) atoms. The number of thiophene rings is 1. The van der Waals surface area contributed by atoms with E-state index in [9.17, 15) is 0 Å². The Morgan fingerprint density at radius 2 is 2.11 bits per heavy atom. The fourth-order valence-corrected chi connectivity index (χ4v) is 3.20. The maximum atomic E-state index is 6.41. The number of rotatable bonds is 2. The van der Waals surface area contributed by atoms with Crippen LogP contribution in [0.1, 0.15) is 22.0 Å². The van der Waals surface area contributed by atoms with Crippen molar-refractivity contribution in [1.82, 2.24) is 4.98 Å². The van der Waals surface area contributed by atoms with Crippen LogP contribution in [-0.4, -0.2) is 4.98 Å². The van der Waals surface area contributed by atoms with Gasteiger partial charge in [-0.15, -0.1) is 11.3 Å². The molecule has 2 aromatic heterocycles. The maximum absolute atomic E-state index is 6.41. The van der Waals surface area contributed by atoms with Crippen LogP contribution in [-0.2, 0) is 0 Å². The van der Waals surface area contributed by atoms with Gasteiger partial charge in [0.1, 0.15) is 0 Å². The molecule has 0 spiro atoms. The highest BCUT2D eigenvalue weighted by Crippen LogP contribution is 2.31. The number of aryl methyl sites for hydroxylation is 1. The first-order valence-corrected chi connectivity index (χ1v) is 6.77. The van der Waals surface area contributed by atoms with Gasteiger partial charge in [-0.25, -0.2) is 0 Å². The van der Waals surface area contributed by atoms with E-state index < -0.39 is 0 Å². The Morgan fingerprint density at radius 3 is 2.89 bits per heavy atom. The largest absolute Gasteiger partial charge is 0.320 e. The molecule has 0 saturated heterocycles. The van der Waals surface area contributed by atoms with E-state index in [1.165, 1.54) is 15.8 Å². The molecular formula is C15H14N2S. The van der Waals surface area contributed by atoms with Crippen LogP contribution in [0.15, 0.2) is 48.1 Å². The van der Waals surface area contributed by atoms with E-state index in [0.717, 1.165) is 10.9 Å². The molecule has 0 aliphatic carbocycles. The number of hydrogen-bond acceptors (Lipinski definition) is 3. The average molecular weight is 254 g/mol. The zero-order chi connectivity index (χ0) is 12.5. The molecular weight excluding hydrogens is 240 g/mol. The fourth-order valence-electron chi connectivity index (χ4n) is 2.25. The zero-order valence-corrected chi connectivity index (χ0v) is 10.9. The molecule has 0 radical (unpaired) electrons. The quantitative estimate of drug-likeness (QED) is 0.758. The smallest absolute Gasteiger partial charge is 0.0655 e. The normalized spacial score (nSPS) is 12.8. The standard InChI is InChI=1S/C15H14N2S/c1-10-6-8-18-15(10)14(16)12-4-2-3-11-5-7-17-9-13(11)12/h2-9,14H,16H2,1H3. The molecule has 3 aromatic rings. The molecule has 0 bridgehead atoms. The molecule has 2 N–H and O–H groups in total. The van der Waals surface area contributed by atoms with Crippen LogP contribution in [0.4, 0.5) is 0 Å². The Labute approximate surface area is 110 Å². The highest BCUT2D eigenvalue weighted by molar-refractivity contribution is 7.10. The molecule has 3 heteroatoms. The lowest BCUT2D eigenvalue weighted by atomic mass is 9.98. The topological polar surface area (TPSA) is 38.9 Å². The molecule has 3 rings (SSSR count). The van der Waals surface area contributed by atoms with Crippen molar-refractivity contribution in [3.05, 3.63) is 64.1 Å². The molecule has 0 saturated carbocycles. The number of hydrogen-bond donors (Lipinski definition) is 1. The van der Waals surface area contributed by atoms with Gasteiger partial charge in [-0.3, -0.25) is 4.98 Å². The van der Waals surface area contributed by atoms with E-state index in [1.807, 2.05) is 18.5 Å². The van der Waals surface area contributed by atoms with Crippen molar-refractivity contribution in [1.29, 1.82) is 0 Å². The minimum Gasteiger partial charge on any atom is -0.320 e. The van der Waals surface area contributed by atoms with Crippen LogP contribution in [0.25, 0.3) is 10.8 Å². The van der Waals surface area contributed by atoms with Crippen molar-refractivity contribution >= 4 is 22.1 Å². The van der Waals surface area contributed by atoms with Gasteiger partial charge in [-0.05, 0) is 40.9 Å². The summed E-state index contributed by atoms with van der Waals surface area (Å²) in [4.78, 5) is 5.44. The predicted octanol–water partition coefficient (Wildman–Crippen LogP) is 3.65. The van der Waals surface area contributed by atoms with Gasteiger partial charge in [0.15, 0.2) is 0 Å². The van der Waals surface area contributed by atoms with Gasteiger partial charge < -0.3 is 5.73 Å². The summed E-state index contributed by atoms with van der Waals surface area (Å²) in [5.41, 5.74) is 8.81. The number of benzene rings is 1. The van der Waals surface area contributed by atoms with E-state index in [0.29, 0.717) is 0 Å². The highest BCUT2D eigenvalue weighted by Gasteiger charge is 2.15. The van der Waals surface area contributed by atoms with Crippen molar-refractivity contribution in [3.8, 4) is 0 Å². The SMILES string of the molecule is Cc1ccsc1C(N)c1cccc2ccncc12. The molecule has 0 fully saturated rings. The number of pyridine rings is 1. The van der Waals surface area contributed by atoms with Crippen LogP contribution in [0, 0.1) is 6.92 Å². The Bertz CT molecular complexity index is 682. The zero-order valence-electron chi connectivity index (χ0n) is 10.1. The summed E-state index contributed by atoms with van der Waals surface area (Å²) >= 11 is 1.72. The minimum atomic E-state index is -0.0714. The van der Waals surface area contributed by atoms with Gasteiger partial charge in [-0.1, -0.05) is 18.2 Å². The molecule has 0 aliphatic heterocycles. The van der Waals surface area contributed by atoms with Gasteiger partial charge in [-0.2, -0.15) is 0 Å². The second kappa shape index (κ2) is 4.52. The summed E-state index contributed by atoms with van der Waals surface area (Å²) in [6.07, 6.45) is 3.71. The van der Waals surface area contributed by atoms with E-state index in [4.69, 9.17) is 5.73 Å².